The fourth-order valence-corrected chi connectivity index (χ4v) is 7.64. The first kappa shape index (κ1) is 24.2. The molecule has 0 aromatic rings. The molecule has 1 aliphatic carbocycles. The van der Waals surface area contributed by atoms with E-state index in [1.54, 1.807) is 0 Å². The van der Waals surface area contributed by atoms with Crippen molar-refractivity contribution < 1.29 is 14.3 Å². The van der Waals surface area contributed by atoms with E-state index in [9.17, 15) is 5.11 Å². The van der Waals surface area contributed by atoms with E-state index >= 15 is 0 Å². The molecule has 2 fully saturated rings. The molecule has 0 saturated carbocycles. The highest BCUT2D eigenvalue weighted by molar-refractivity contribution is 6.74. The molecule has 0 radical (unpaired) electrons. The highest BCUT2D eigenvalue weighted by atomic mass is 28.4. The van der Waals surface area contributed by atoms with E-state index in [2.05, 4.69) is 74.2 Å². The fraction of sp³-hybridized carbons (Fsp3) is 0.846. The van der Waals surface area contributed by atoms with Gasteiger partial charge in [-0.15, -0.1) is 0 Å². The predicted octanol–water partition coefficient (Wildman–Crippen LogP) is 6.49. The number of allylic oxidation sites excluding steroid dienone is 1. The van der Waals surface area contributed by atoms with Crippen LogP contribution in [-0.2, 0) is 9.16 Å². The molecule has 0 amide bonds. The van der Waals surface area contributed by atoms with Crippen molar-refractivity contribution in [3.8, 4) is 0 Å². The van der Waals surface area contributed by atoms with Crippen LogP contribution in [0, 0.1) is 23.7 Å². The summed E-state index contributed by atoms with van der Waals surface area (Å²) in [6.07, 6.45) is 5.55. The second-order valence-electron chi connectivity index (χ2n) is 12.4. The van der Waals surface area contributed by atoms with Gasteiger partial charge in [-0.2, -0.15) is 0 Å². The summed E-state index contributed by atoms with van der Waals surface area (Å²) >= 11 is 0. The zero-order valence-corrected chi connectivity index (χ0v) is 21.9. The first-order chi connectivity index (χ1) is 13.7. The van der Waals surface area contributed by atoms with Crippen molar-refractivity contribution in [2.24, 2.45) is 23.7 Å². The Labute approximate surface area is 186 Å². The van der Waals surface area contributed by atoms with Gasteiger partial charge in [-0.3, -0.25) is 0 Å². The number of ether oxygens (including phenoxy) is 1. The van der Waals surface area contributed by atoms with Crippen LogP contribution in [0.4, 0.5) is 0 Å². The summed E-state index contributed by atoms with van der Waals surface area (Å²) < 4.78 is 14.2. The third-order valence-electron chi connectivity index (χ3n) is 8.82. The van der Waals surface area contributed by atoms with Crippen LogP contribution in [0.5, 0.6) is 0 Å². The fourth-order valence-electron chi connectivity index (χ4n) is 5.95. The molecular weight excluding hydrogens is 388 g/mol. The van der Waals surface area contributed by atoms with Crippen LogP contribution in [0.15, 0.2) is 23.8 Å². The van der Waals surface area contributed by atoms with Gasteiger partial charge in [-0.05, 0) is 75.1 Å². The number of hydrogen-bond acceptors (Lipinski definition) is 3. The van der Waals surface area contributed by atoms with Crippen molar-refractivity contribution in [3.05, 3.63) is 23.8 Å². The molecular formula is C26H46O3Si. The van der Waals surface area contributed by atoms with Crippen molar-refractivity contribution >= 4 is 8.32 Å². The van der Waals surface area contributed by atoms with Gasteiger partial charge in [0.15, 0.2) is 8.32 Å². The van der Waals surface area contributed by atoms with Gasteiger partial charge >= 0.3 is 0 Å². The minimum atomic E-state index is -2.02. The number of aliphatic hydroxyl groups is 1. The Morgan fingerprint density at radius 3 is 2.50 bits per heavy atom. The molecule has 3 nitrogen and oxygen atoms in total. The molecule has 1 N–H and O–H groups in total. The molecule has 2 bridgehead atoms. The quantitative estimate of drug-likeness (QED) is 0.407. The Hall–Kier alpha value is -0.423. The standard InChI is InChI=1S/C26H46O3Si/c1-16(2)19-12-11-17(3)22-21-15-18(4)20(27)13-14-26(8,24(28-21)23(19)22)29-30(9,10)25(5,6)7/h11,16,19-24,27H,4,12-15H2,1-3,5-10H3/t19-,20+,21-,22-,23-,24-,26-/m1/s1. The van der Waals surface area contributed by atoms with Gasteiger partial charge in [0, 0.05) is 11.8 Å². The number of aliphatic hydroxyl groups excluding tert-OH is 1. The largest absolute Gasteiger partial charge is 0.409 e. The zero-order chi connectivity index (χ0) is 22.6. The molecule has 2 aliphatic heterocycles. The highest BCUT2D eigenvalue weighted by Crippen LogP contribution is 2.55. The summed E-state index contributed by atoms with van der Waals surface area (Å²) in [5.74, 6) is 2.09. The summed E-state index contributed by atoms with van der Waals surface area (Å²) in [4.78, 5) is 0. The van der Waals surface area contributed by atoms with Gasteiger partial charge in [0.2, 0.25) is 0 Å². The summed E-state index contributed by atoms with van der Waals surface area (Å²) in [6.45, 7) is 25.1. The van der Waals surface area contributed by atoms with E-state index in [4.69, 9.17) is 9.16 Å². The van der Waals surface area contributed by atoms with Gasteiger partial charge in [-0.25, -0.2) is 0 Å². The lowest BCUT2D eigenvalue weighted by molar-refractivity contribution is -0.108. The second-order valence-corrected chi connectivity index (χ2v) is 17.1. The highest BCUT2D eigenvalue weighted by Gasteiger charge is 2.58. The molecule has 2 heterocycles. The minimum Gasteiger partial charge on any atom is -0.409 e. The Kier molecular flexibility index (Phi) is 6.60. The summed E-state index contributed by atoms with van der Waals surface area (Å²) in [5, 5.41) is 10.9. The van der Waals surface area contributed by atoms with Crippen LogP contribution in [0.25, 0.3) is 0 Å². The lowest BCUT2D eigenvalue weighted by atomic mass is 9.62. The first-order valence-corrected chi connectivity index (χ1v) is 15.0. The van der Waals surface area contributed by atoms with Crippen molar-refractivity contribution in [1.29, 1.82) is 0 Å². The molecule has 3 rings (SSSR count). The third-order valence-corrected chi connectivity index (χ3v) is 13.4. The second kappa shape index (κ2) is 8.17. The van der Waals surface area contributed by atoms with Crippen molar-refractivity contribution in [2.75, 3.05) is 0 Å². The van der Waals surface area contributed by atoms with Gasteiger partial charge in [-0.1, -0.05) is 52.8 Å². The normalized spacial score (nSPS) is 40.5. The van der Waals surface area contributed by atoms with Crippen LogP contribution in [0.2, 0.25) is 18.1 Å². The molecule has 0 unspecified atom stereocenters. The predicted molar refractivity (Wildman–Crippen MR) is 128 cm³/mol. The van der Waals surface area contributed by atoms with E-state index in [1.165, 1.54) is 5.57 Å². The van der Waals surface area contributed by atoms with E-state index < -0.39 is 20.0 Å². The number of fused-ring (bicyclic) bond motifs is 5. The van der Waals surface area contributed by atoms with Crippen LogP contribution in [-0.4, -0.2) is 37.3 Å². The Morgan fingerprint density at radius 2 is 1.93 bits per heavy atom. The van der Waals surface area contributed by atoms with Crippen LogP contribution in [0.3, 0.4) is 0 Å². The first-order valence-electron chi connectivity index (χ1n) is 12.1. The van der Waals surface area contributed by atoms with Gasteiger partial charge in [0.05, 0.1) is 23.9 Å². The Balaban J connectivity index is 2.09. The van der Waals surface area contributed by atoms with Crippen molar-refractivity contribution in [2.45, 2.75) is 116 Å². The minimum absolute atomic E-state index is 0.0655. The smallest absolute Gasteiger partial charge is 0.192 e. The average Bonchev–Trinajstić information content (AvgIpc) is 2.99. The lowest BCUT2D eigenvalue weighted by Crippen LogP contribution is -2.56. The van der Waals surface area contributed by atoms with E-state index in [1.807, 2.05) is 0 Å². The van der Waals surface area contributed by atoms with Gasteiger partial charge in [0.25, 0.3) is 0 Å². The maximum atomic E-state index is 10.8. The lowest BCUT2D eigenvalue weighted by Gasteiger charge is -2.50. The van der Waals surface area contributed by atoms with E-state index in [-0.39, 0.29) is 17.2 Å². The third kappa shape index (κ3) is 4.27. The van der Waals surface area contributed by atoms with Crippen LogP contribution >= 0.6 is 0 Å². The molecule has 0 aromatic heterocycles. The SMILES string of the molecule is C=C1C[C@H]2O[C@H]([C@H]3[C@@H]2C(C)=CC[C@@H]3C(C)C)[C@](C)(O[Si](C)(C)C(C)(C)C)CC[C@@H]1O. The molecule has 3 aliphatic rings. The topological polar surface area (TPSA) is 38.7 Å². The van der Waals surface area contributed by atoms with E-state index in [0.29, 0.717) is 30.1 Å². The molecule has 7 atom stereocenters. The van der Waals surface area contributed by atoms with Crippen molar-refractivity contribution in [3.63, 3.8) is 0 Å². The molecule has 0 spiro atoms. The summed E-state index contributed by atoms with van der Waals surface area (Å²) in [7, 11) is -2.02. The van der Waals surface area contributed by atoms with Crippen LogP contribution in [0.1, 0.15) is 74.1 Å². The zero-order valence-electron chi connectivity index (χ0n) is 20.9. The molecule has 172 valence electrons. The van der Waals surface area contributed by atoms with Crippen LogP contribution < -0.4 is 0 Å². The van der Waals surface area contributed by atoms with E-state index in [0.717, 1.165) is 24.8 Å². The number of rotatable bonds is 3. The van der Waals surface area contributed by atoms with Gasteiger partial charge < -0.3 is 14.3 Å². The number of hydrogen-bond donors (Lipinski definition) is 1. The molecule has 2 saturated heterocycles. The maximum Gasteiger partial charge on any atom is 0.192 e. The Morgan fingerprint density at radius 1 is 1.30 bits per heavy atom. The molecule has 4 heteroatoms. The summed E-state index contributed by atoms with van der Waals surface area (Å²) in [6, 6.07) is 0. The monoisotopic (exact) mass is 434 g/mol. The maximum absolute atomic E-state index is 10.8. The van der Waals surface area contributed by atoms with Gasteiger partial charge in [0.1, 0.15) is 0 Å². The molecule has 0 aromatic carbocycles. The average molecular weight is 435 g/mol. The summed E-state index contributed by atoms with van der Waals surface area (Å²) in [5.41, 5.74) is 1.99. The molecule has 30 heavy (non-hydrogen) atoms. The van der Waals surface area contributed by atoms with Crippen molar-refractivity contribution in [1.82, 2.24) is 0 Å². The Bertz CT molecular complexity index is 689.